The molecule has 2 aromatic rings. The smallest absolute Gasteiger partial charge is 0.210 e. The summed E-state index contributed by atoms with van der Waals surface area (Å²) >= 11 is 0. The summed E-state index contributed by atoms with van der Waals surface area (Å²) in [6, 6.07) is 4.72. The van der Waals surface area contributed by atoms with Crippen LogP contribution in [-0.4, -0.2) is 18.6 Å². The molecule has 0 aliphatic carbocycles. The maximum absolute atomic E-state index is 13.0. The molecule has 0 atom stereocenters. The summed E-state index contributed by atoms with van der Waals surface area (Å²) in [5.74, 6) is -0.309. The first-order chi connectivity index (χ1) is 10.1. The molecule has 0 amide bonds. The third kappa shape index (κ3) is 2.46. The number of hydrogen-bond acceptors (Lipinski definition) is 4. The maximum Gasteiger partial charge on any atom is 0.210 e. The second-order valence-electron chi connectivity index (χ2n) is 5.72. The lowest BCUT2D eigenvalue weighted by molar-refractivity contribution is 0.453. The largest absolute Gasteiger partial charge is 0.508 e. The highest BCUT2D eigenvalue weighted by atomic mass is 32.2. The van der Waals surface area contributed by atoms with E-state index in [9.17, 15) is 18.6 Å². The molecule has 0 fully saturated rings. The Bertz CT molecular complexity index is 839. The second kappa shape index (κ2) is 5.32. The molecule has 0 bridgehead atoms. The lowest BCUT2D eigenvalue weighted by Gasteiger charge is -2.16. The first-order valence-electron chi connectivity index (χ1n) is 6.92. The standard InChI is InChI=1S/C17H20O4S/c1-9-6-11(3)16(19)15(7-9)22(20,21)17-12(4)10(2)8-14(18)13(17)5/h6-8,18-19H,1-5H3. The highest BCUT2D eigenvalue weighted by molar-refractivity contribution is 7.91. The van der Waals surface area contributed by atoms with Crippen LogP contribution in [0.4, 0.5) is 0 Å². The fraction of sp³-hybridized carbons (Fsp3) is 0.294. The molecular formula is C17H20O4S. The summed E-state index contributed by atoms with van der Waals surface area (Å²) in [5.41, 5.74) is 2.81. The molecule has 0 aliphatic heterocycles. The summed E-state index contributed by atoms with van der Waals surface area (Å²) in [6.45, 7) is 8.45. The fourth-order valence-corrected chi connectivity index (χ4v) is 4.69. The third-order valence-electron chi connectivity index (χ3n) is 3.98. The quantitative estimate of drug-likeness (QED) is 0.888. The normalized spacial score (nSPS) is 11.7. The minimum atomic E-state index is -3.93. The van der Waals surface area contributed by atoms with E-state index < -0.39 is 9.84 Å². The SMILES string of the molecule is Cc1cc(C)c(O)c(S(=O)(=O)c2c(C)c(C)cc(O)c2C)c1. The van der Waals surface area contributed by atoms with Crippen molar-refractivity contribution >= 4 is 9.84 Å². The Morgan fingerprint density at radius 1 is 0.818 bits per heavy atom. The van der Waals surface area contributed by atoms with Crippen molar-refractivity contribution in [2.75, 3.05) is 0 Å². The van der Waals surface area contributed by atoms with E-state index in [2.05, 4.69) is 0 Å². The summed E-state index contributed by atoms with van der Waals surface area (Å²) < 4.78 is 26.1. The molecule has 5 heteroatoms. The molecule has 0 saturated carbocycles. The van der Waals surface area contributed by atoms with E-state index in [-0.39, 0.29) is 21.3 Å². The number of phenolic OH excluding ortho intramolecular Hbond substituents is 2. The van der Waals surface area contributed by atoms with Gasteiger partial charge in [0.05, 0.1) is 4.90 Å². The average molecular weight is 320 g/mol. The first kappa shape index (κ1) is 16.4. The molecule has 2 rings (SSSR count). The zero-order chi connectivity index (χ0) is 16.8. The number of sulfone groups is 1. The highest BCUT2D eigenvalue weighted by Crippen LogP contribution is 2.38. The van der Waals surface area contributed by atoms with Crippen LogP contribution in [0, 0.1) is 34.6 Å². The number of aromatic hydroxyl groups is 2. The van der Waals surface area contributed by atoms with Gasteiger partial charge in [0.25, 0.3) is 0 Å². The van der Waals surface area contributed by atoms with E-state index >= 15 is 0 Å². The highest BCUT2D eigenvalue weighted by Gasteiger charge is 2.28. The van der Waals surface area contributed by atoms with Crippen molar-refractivity contribution in [2.24, 2.45) is 0 Å². The van der Waals surface area contributed by atoms with Gasteiger partial charge in [-0.3, -0.25) is 0 Å². The van der Waals surface area contributed by atoms with Crippen LogP contribution in [0.1, 0.15) is 27.8 Å². The van der Waals surface area contributed by atoms with Crippen molar-refractivity contribution in [3.63, 3.8) is 0 Å². The van der Waals surface area contributed by atoms with Gasteiger partial charge < -0.3 is 10.2 Å². The zero-order valence-corrected chi connectivity index (χ0v) is 14.2. The number of hydrogen-bond donors (Lipinski definition) is 2. The zero-order valence-electron chi connectivity index (χ0n) is 13.4. The Hall–Kier alpha value is -2.01. The number of rotatable bonds is 2. The molecule has 0 spiro atoms. The Kier molecular flexibility index (Phi) is 3.96. The van der Waals surface area contributed by atoms with Crippen LogP contribution in [0.15, 0.2) is 28.0 Å². The Balaban J connectivity index is 2.89. The van der Waals surface area contributed by atoms with E-state index in [4.69, 9.17) is 0 Å². The van der Waals surface area contributed by atoms with Crippen LogP contribution in [0.25, 0.3) is 0 Å². The van der Waals surface area contributed by atoms with Gasteiger partial charge in [-0.25, -0.2) is 8.42 Å². The van der Waals surface area contributed by atoms with Crippen LogP contribution in [0.2, 0.25) is 0 Å². The van der Waals surface area contributed by atoms with Gasteiger partial charge in [0.15, 0.2) is 0 Å². The molecule has 2 aromatic carbocycles. The van der Waals surface area contributed by atoms with Gasteiger partial charge in [-0.15, -0.1) is 0 Å². The predicted molar refractivity (Wildman–Crippen MR) is 85.4 cm³/mol. The Labute approximate surface area is 131 Å². The summed E-state index contributed by atoms with van der Waals surface area (Å²) in [7, 11) is -3.93. The van der Waals surface area contributed by atoms with Gasteiger partial charge in [0.2, 0.25) is 9.84 Å². The van der Waals surface area contributed by atoms with E-state index in [1.54, 1.807) is 46.8 Å². The third-order valence-corrected chi connectivity index (χ3v) is 6.02. The van der Waals surface area contributed by atoms with Crippen molar-refractivity contribution in [3.05, 3.63) is 46.0 Å². The first-order valence-corrected chi connectivity index (χ1v) is 8.40. The lowest BCUT2D eigenvalue weighted by atomic mass is 10.1. The maximum atomic E-state index is 13.0. The molecule has 118 valence electrons. The topological polar surface area (TPSA) is 74.6 Å². The molecule has 0 unspecified atom stereocenters. The van der Waals surface area contributed by atoms with Crippen LogP contribution in [-0.2, 0) is 9.84 Å². The van der Waals surface area contributed by atoms with Gasteiger partial charge in [-0.1, -0.05) is 6.07 Å². The molecule has 22 heavy (non-hydrogen) atoms. The Morgan fingerprint density at radius 2 is 1.41 bits per heavy atom. The van der Waals surface area contributed by atoms with Crippen molar-refractivity contribution in [1.82, 2.24) is 0 Å². The second-order valence-corrected chi connectivity index (χ2v) is 7.58. The molecule has 0 aromatic heterocycles. The van der Waals surface area contributed by atoms with Crippen LogP contribution >= 0.6 is 0 Å². The lowest BCUT2D eigenvalue weighted by Crippen LogP contribution is -2.09. The summed E-state index contributed by atoms with van der Waals surface area (Å²) in [5, 5.41) is 20.2. The number of benzene rings is 2. The molecule has 0 radical (unpaired) electrons. The minimum absolute atomic E-state index is 0.0605. The number of phenols is 2. The molecule has 2 N–H and O–H groups in total. The summed E-state index contributed by atoms with van der Waals surface area (Å²) in [6.07, 6.45) is 0. The van der Waals surface area contributed by atoms with Crippen molar-refractivity contribution in [2.45, 2.75) is 44.4 Å². The van der Waals surface area contributed by atoms with Crippen molar-refractivity contribution < 1.29 is 18.6 Å². The predicted octanol–water partition coefficient (Wildman–Crippen LogP) is 3.47. The fourth-order valence-electron chi connectivity index (χ4n) is 2.64. The van der Waals surface area contributed by atoms with E-state index in [1.165, 1.54) is 6.07 Å². The Morgan fingerprint density at radius 3 is 2.00 bits per heavy atom. The molecule has 4 nitrogen and oxygen atoms in total. The van der Waals surface area contributed by atoms with Crippen molar-refractivity contribution in [3.8, 4) is 11.5 Å². The van der Waals surface area contributed by atoms with Gasteiger partial charge in [0, 0.05) is 5.56 Å². The number of aryl methyl sites for hydroxylation is 3. The van der Waals surface area contributed by atoms with E-state index in [1.807, 2.05) is 0 Å². The van der Waals surface area contributed by atoms with Crippen LogP contribution in [0.3, 0.4) is 0 Å². The molecule has 0 aliphatic rings. The van der Waals surface area contributed by atoms with Gasteiger partial charge >= 0.3 is 0 Å². The van der Waals surface area contributed by atoms with E-state index in [0.29, 0.717) is 22.3 Å². The molecule has 0 heterocycles. The van der Waals surface area contributed by atoms with Crippen molar-refractivity contribution in [1.29, 1.82) is 0 Å². The monoisotopic (exact) mass is 320 g/mol. The molecule has 0 saturated heterocycles. The van der Waals surface area contributed by atoms with Gasteiger partial charge in [-0.2, -0.15) is 0 Å². The van der Waals surface area contributed by atoms with Gasteiger partial charge in [-0.05, 0) is 69.0 Å². The molecular weight excluding hydrogens is 300 g/mol. The van der Waals surface area contributed by atoms with Crippen LogP contribution < -0.4 is 0 Å². The van der Waals surface area contributed by atoms with Crippen LogP contribution in [0.5, 0.6) is 11.5 Å². The minimum Gasteiger partial charge on any atom is -0.508 e. The van der Waals surface area contributed by atoms with E-state index in [0.717, 1.165) is 5.56 Å². The van der Waals surface area contributed by atoms with Gasteiger partial charge in [0.1, 0.15) is 16.4 Å². The average Bonchev–Trinajstić information content (AvgIpc) is 2.40. The summed E-state index contributed by atoms with van der Waals surface area (Å²) in [4.78, 5) is -0.0634.